The highest BCUT2D eigenvalue weighted by molar-refractivity contribution is 5.81. The van der Waals surface area contributed by atoms with Crippen molar-refractivity contribution in [3.63, 3.8) is 0 Å². The third-order valence-electron chi connectivity index (χ3n) is 6.96. The van der Waals surface area contributed by atoms with Crippen LogP contribution < -0.4 is 9.64 Å². The molecule has 0 aliphatic carbocycles. The quantitative estimate of drug-likeness (QED) is 0.346. The summed E-state index contributed by atoms with van der Waals surface area (Å²) < 4.78 is 20.7. The van der Waals surface area contributed by atoms with Crippen LogP contribution in [-0.4, -0.2) is 29.7 Å². The van der Waals surface area contributed by atoms with Crippen LogP contribution in [0.15, 0.2) is 48.8 Å². The number of hydrogen-bond donors (Lipinski definition) is 0. The number of aryl methyl sites for hydroxylation is 2. The molecule has 180 valence electrons. The molecule has 0 radical (unpaired) electrons. The van der Waals surface area contributed by atoms with E-state index in [-0.39, 0.29) is 5.88 Å². The number of anilines is 1. The first kappa shape index (κ1) is 24.2. The molecule has 34 heavy (non-hydrogen) atoms. The highest BCUT2D eigenvalue weighted by Crippen LogP contribution is 2.40. The van der Waals surface area contributed by atoms with E-state index in [9.17, 15) is 0 Å². The predicted octanol–water partition coefficient (Wildman–Crippen LogP) is 6.79. The van der Waals surface area contributed by atoms with Gasteiger partial charge < -0.3 is 9.64 Å². The largest absolute Gasteiger partial charge is 0.476 e. The number of ether oxygens (including phenoxy) is 1. The van der Waals surface area contributed by atoms with Crippen molar-refractivity contribution in [1.29, 1.82) is 0 Å². The number of rotatable bonds is 8. The Morgan fingerprint density at radius 3 is 2.47 bits per heavy atom. The number of nitrogens with zero attached hydrogens (tertiary/aromatic N) is 3. The van der Waals surface area contributed by atoms with Crippen LogP contribution in [0.2, 0.25) is 0 Å². The monoisotopic (exact) mass is 461 g/mol. The minimum Gasteiger partial charge on any atom is -0.476 e. The molecule has 0 amide bonds. The molecule has 1 aromatic carbocycles. The molecule has 0 spiro atoms. The van der Waals surface area contributed by atoms with E-state index in [0.717, 1.165) is 62.0 Å². The highest BCUT2D eigenvalue weighted by atomic mass is 19.1. The fourth-order valence-electron chi connectivity index (χ4n) is 4.73. The van der Waals surface area contributed by atoms with Crippen LogP contribution in [0, 0.1) is 18.2 Å². The molecule has 1 aliphatic rings. The summed E-state index contributed by atoms with van der Waals surface area (Å²) in [5.41, 5.74) is 6.76. The van der Waals surface area contributed by atoms with Crippen LogP contribution in [0.25, 0.3) is 11.1 Å². The Kier molecular flexibility index (Phi) is 7.50. The van der Waals surface area contributed by atoms with Gasteiger partial charge in [-0.2, -0.15) is 0 Å². The van der Waals surface area contributed by atoms with E-state index < -0.39 is 5.82 Å². The Balaban J connectivity index is 1.53. The van der Waals surface area contributed by atoms with Gasteiger partial charge in [-0.15, -0.1) is 0 Å². The van der Waals surface area contributed by atoms with Crippen LogP contribution in [-0.2, 0) is 12.8 Å². The molecule has 0 atom stereocenters. The molecule has 3 aromatic rings. The summed E-state index contributed by atoms with van der Waals surface area (Å²) in [6, 6.07) is 11.8. The zero-order valence-corrected chi connectivity index (χ0v) is 20.9. The minimum absolute atomic E-state index is 0.0638. The third-order valence-corrected chi connectivity index (χ3v) is 6.96. The Labute approximate surface area is 203 Å². The van der Waals surface area contributed by atoms with Gasteiger partial charge in [0.15, 0.2) is 5.82 Å². The van der Waals surface area contributed by atoms with Gasteiger partial charge in [-0.1, -0.05) is 51.1 Å². The average molecular weight is 462 g/mol. The van der Waals surface area contributed by atoms with Crippen molar-refractivity contribution in [2.24, 2.45) is 5.41 Å². The SMILES string of the molecule is CCc1c(C)ncc(-c2cnc(OCCCc3ccccc3)c(F)c2)c1N1CCC(C)(C)CC1. The maximum absolute atomic E-state index is 15.0. The molecule has 0 bridgehead atoms. The Hall–Kier alpha value is -2.95. The molecular weight excluding hydrogens is 425 g/mol. The Bertz CT molecular complexity index is 1100. The van der Waals surface area contributed by atoms with Crippen LogP contribution in [0.4, 0.5) is 10.1 Å². The lowest BCUT2D eigenvalue weighted by atomic mass is 9.82. The second-order valence-corrected chi connectivity index (χ2v) is 10.0. The number of hydrogen-bond acceptors (Lipinski definition) is 4. The lowest BCUT2D eigenvalue weighted by Crippen LogP contribution is -2.38. The van der Waals surface area contributed by atoms with Gasteiger partial charge in [0.2, 0.25) is 5.88 Å². The number of pyridine rings is 2. The van der Waals surface area contributed by atoms with Gasteiger partial charge in [-0.05, 0) is 61.6 Å². The molecule has 5 heteroatoms. The highest BCUT2D eigenvalue weighted by Gasteiger charge is 2.28. The van der Waals surface area contributed by atoms with Crippen molar-refractivity contribution >= 4 is 5.69 Å². The number of aromatic nitrogens is 2. The number of benzene rings is 1. The third kappa shape index (κ3) is 5.57. The van der Waals surface area contributed by atoms with Crippen molar-refractivity contribution in [3.8, 4) is 17.0 Å². The number of piperidine rings is 1. The number of halogens is 1. The fraction of sp³-hybridized carbons (Fsp3) is 0.448. The van der Waals surface area contributed by atoms with E-state index in [1.54, 1.807) is 12.3 Å². The smallest absolute Gasteiger partial charge is 0.250 e. The second kappa shape index (κ2) is 10.5. The summed E-state index contributed by atoms with van der Waals surface area (Å²) >= 11 is 0. The van der Waals surface area contributed by atoms with Gasteiger partial charge in [0, 0.05) is 42.3 Å². The zero-order chi connectivity index (χ0) is 24.1. The molecule has 0 saturated carbocycles. The molecule has 2 aromatic heterocycles. The average Bonchev–Trinajstić information content (AvgIpc) is 2.83. The molecule has 4 nitrogen and oxygen atoms in total. The van der Waals surface area contributed by atoms with Crippen molar-refractivity contribution in [2.75, 3.05) is 24.6 Å². The first-order chi connectivity index (χ1) is 16.4. The first-order valence-corrected chi connectivity index (χ1v) is 12.4. The van der Waals surface area contributed by atoms with Crippen molar-refractivity contribution in [3.05, 3.63) is 71.4 Å². The molecule has 1 saturated heterocycles. The Morgan fingerprint density at radius 2 is 1.79 bits per heavy atom. The van der Waals surface area contributed by atoms with E-state index in [1.165, 1.54) is 16.8 Å². The minimum atomic E-state index is -0.429. The van der Waals surface area contributed by atoms with Crippen molar-refractivity contribution in [1.82, 2.24) is 9.97 Å². The maximum atomic E-state index is 15.0. The molecule has 4 rings (SSSR count). The summed E-state index contributed by atoms with van der Waals surface area (Å²) in [5.74, 6) is -0.365. The Morgan fingerprint density at radius 1 is 1.06 bits per heavy atom. The summed E-state index contributed by atoms with van der Waals surface area (Å²) in [6.07, 6.45) is 8.47. The second-order valence-electron chi connectivity index (χ2n) is 10.0. The van der Waals surface area contributed by atoms with Gasteiger partial charge in [0.25, 0.3) is 0 Å². The van der Waals surface area contributed by atoms with E-state index >= 15 is 4.39 Å². The van der Waals surface area contributed by atoms with Gasteiger partial charge in [0.05, 0.1) is 12.3 Å². The van der Waals surface area contributed by atoms with Crippen molar-refractivity contribution < 1.29 is 9.13 Å². The normalized spacial score (nSPS) is 15.4. The summed E-state index contributed by atoms with van der Waals surface area (Å²) in [4.78, 5) is 11.4. The van der Waals surface area contributed by atoms with Crippen LogP contribution in [0.1, 0.15) is 56.9 Å². The van der Waals surface area contributed by atoms with Crippen LogP contribution in [0.3, 0.4) is 0 Å². The van der Waals surface area contributed by atoms with E-state index in [2.05, 4.69) is 54.7 Å². The molecule has 0 unspecified atom stereocenters. The topological polar surface area (TPSA) is 38.3 Å². The summed E-state index contributed by atoms with van der Waals surface area (Å²) in [7, 11) is 0. The zero-order valence-electron chi connectivity index (χ0n) is 20.9. The standard InChI is InChI=1S/C29H36FN3O/c1-5-24-21(2)31-20-25(27(24)33-15-13-29(3,4)14-16-33)23-18-26(30)28(32-19-23)34-17-9-12-22-10-7-6-8-11-22/h6-8,10-11,18-20H,5,9,12-17H2,1-4H3. The lowest BCUT2D eigenvalue weighted by molar-refractivity contribution is 0.279. The van der Waals surface area contributed by atoms with Gasteiger partial charge in [-0.3, -0.25) is 4.98 Å². The molecule has 0 N–H and O–H groups in total. The molecular formula is C29H36FN3O. The van der Waals surface area contributed by atoms with E-state index in [0.29, 0.717) is 12.0 Å². The predicted molar refractivity (Wildman–Crippen MR) is 137 cm³/mol. The fourth-order valence-corrected chi connectivity index (χ4v) is 4.73. The van der Waals surface area contributed by atoms with Gasteiger partial charge in [0.1, 0.15) is 0 Å². The van der Waals surface area contributed by atoms with Crippen molar-refractivity contribution in [2.45, 2.75) is 59.8 Å². The molecule has 3 heterocycles. The lowest BCUT2D eigenvalue weighted by Gasteiger charge is -2.40. The first-order valence-electron chi connectivity index (χ1n) is 12.4. The van der Waals surface area contributed by atoms with Gasteiger partial charge in [-0.25, -0.2) is 9.37 Å². The summed E-state index contributed by atoms with van der Waals surface area (Å²) in [6.45, 7) is 11.3. The molecule has 1 aliphatic heterocycles. The molecule has 1 fully saturated rings. The van der Waals surface area contributed by atoms with Crippen LogP contribution in [0.5, 0.6) is 5.88 Å². The maximum Gasteiger partial charge on any atom is 0.250 e. The van der Waals surface area contributed by atoms with E-state index in [1.807, 2.05) is 24.4 Å². The summed E-state index contributed by atoms with van der Waals surface area (Å²) in [5, 5.41) is 0. The van der Waals surface area contributed by atoms with Gasteiger partial charge >= 0.3 is 0 Å². The van der Waals surface area contributed by atoms with E-state index in [4.69, 9.17) is 4.74 Å². The van der Waals surface area contributed by atoms with Crippen LogP contribution >= 0.6 is 0 Å².